The van der Waals surface area contributed by atoms with E-state index < -0.39 is 0 Å². The van der Waals surface area contributed by atoms with Gasteiger partial charge >= 0.3 is 0 Å². The van der Waals surface area contributed by atoms with Gasteiger partial charge in [-0.15, -0.1) is 0 Å². The zero-order chi connectivity index (χ0) is 7.56. The van der Waals surface area contributed by atoms with Crippen LogP contribution >= 0.6 is 0 Å². The Morgan fingerprint density at radius 2 is 2.60 bits per heavy atom. The molecule has 1 fully saturated rings. The average Bonchev–Trinajstić information content (AvgIpc) is 2.34. The summed E-state index contributed by atoms with van der Waals surface area (Å²) in [5.74, 6) is 0.208. The van der Waals surface area contributed by atoms with Crippen LogP contribution in [0.2, 0.25) is 0 Å². The molecule has 0 bridgehead atoms. The molecule has 2 unspecified atom stereocenters. The lowest BCUT2D eigenvalue weighted by molar-refractivity contribution is -0.122. The van der Waals surface area contributed by atoms with Gasteiger partial charge in [-0.1, -0.05) is 6.92 Å². The molecule has 1 saturated heterocycles. The van der Waals surface area contributed by atoms with Crippen LogP contribution in [0.3, 0.4) is 0 Å². The largest absolute Gasteiger partial charge is 0.356 e. The summed E-state index contributed by atoms with van der Waals surface area (Å²) >= 11 is 0. The summed E-state index contributed by atoms with van der Waals surface area (Å²) in [7, 11) is 0. The van der Waals surface area contributed by atoms with Crippen LogP contribution < -0.4 is 11.1 Å². The lowest BCUT2D eigenvalue weighted by Gasteiger charge is -2.13. The van der Waals surface area contributed by atoms with Gasteiger partial charge < -0.3 is 11.1 Å². The molecule has 1 rings (SSSR count). The second-order valence-corrected chi connectivity index (χ2v) is 2.76. The van der Waals surface area contributed by atoms with E-state index >= 15 is 0 Å². The summed E-state index contributed by atoms with van der Waals surface area (Å²) in [4.78, 5) is 11.0. The van der Waals surface area contributed by atoms with E-state index in [9.17, 15) is 4.79 Å². The second-order valence-electron chi connectivity index (χ2n) is 2.76. The minimum atomic E-state index is 0.0579. The number of carbonyl (C=O) groups is 1. The summed E-state index contributed by atoms with van der Waals surface area (Å²) in [5.41, 5.74) is 5.71. The number of nitrogens with two attached hydrogens (primary N) is 1. The summed E-state index contributed by atoms with van der Waals surface area (Å²) in [6, 6.07) is 0.0579. The van der Waals surface area contributed by atoms with Crippen molar-refractivity contribution in [3.63, 3.8) is 0 Å². The van der Waals surface area contributed by atoms with Gasteiger partial charge in [-0.2, -0.15) is 0 Å². The van der Waals surface area contributed by atoms with Crippen LogP contribution in [0.5, 0.6) is 0 Å². The van der Waals surface area contributed by atoms with E-state index in [1.165, 1.54) is 0 Å². The average molecular weight is 142 g/mol. The number of hydrogen-bond donors (Lipinski definition) is 2. The molecular formula is C7H14N2O. The van der Waals surface area contributed by atoms with Gasteiger partial charge in [-0.05, 0) is 12.8 Å². The Hall–Kier alpha value is -0.570. The maximum Gasteiger partial charge on any atom is 0.224 e. The van der Waals surface area contributed by atoms with Crippen LogP contribution in [0.15, 0.2) is 0 Å². The van der Waals surface area contributed by atoms with Crippen molar-refractivity contribution in [2.45, 2.75) is 25.8 Å². The molecule has 0 aromatic rings. The Morgan fingerprint density at radius 3 is 3.00 bits per heavy atom. The summed E-state index contributed by atoms with van der Waals surface area (Å²) < 4.78 is 0. The molecule has 3 N–H and O–H groups in total. The fourth-order valence-electron chi connectivity index (χ4n) is 1.31. The van der Waals surface area contributed by atoms with E-state index in [0.717, 1.165) is 19.4 Å². The number of nitrogens with one attached hydrogen (secondary N) is 1. The third-order valence-electron chi connectivity index (χ3n) is 2.08. The van der Waals surface area contributed by atoms with Crippen molar-refractivity contribution in [2.75, 3.05) is 6.54 Å². The maximum absolute atomic E-state index is 11.0. The van der Waals surface area contributed by atoms with Crippen LogP contribution in [0.1, 0.15) is 19.8 Å². The fourth-order valence-corrected chi connectivity index (χ4v) is 1.31. The maximum atomic E-state index is 11.0. The molecule has 1 heterocycles. The van der Waals surface area contributed by atoms with Gasteiger partial charge in [-0.25, -0.2) is 0 Å². The first-order valence-corrected chi connectivity index (χ1v) is 3.79. The Morgan fingerprint density at radius 1 is 1.90 bits per heavy atom. The third-order valence-corrected chi connectivity index (χ3v) is 2.08. The van der Waals surface area contributed by atoms with Crippen molar-refractivity contribution >= 4 is 5.91 Å². The highest BCUT2D eigenvalue weighted by Gasteiger charge is 2.28. The van der Waals surface area contributed by atoms with Crippen LogP contribution in [0, 0.1) is 5.92 Å². The smallest absolute Gasteiger partial charge is 0.224 e. The molecule has 0 saturated carbocycles. The predicted octanol–water partition coefficient (Wildman–Crippen LogP) is -0.140. The number of hydrogen-bond acceptors (Lipinski definition) is 2. The van der Waals surface area contributed by atoms with E-state index in [4.69, 9.17) is 5.73 Å². The summed E-state index contributed by atoms with van der Waals surface area (Å²) in [6.45, 7) is 2.81. The van der Waals surface area contributed by atoms with Crippen LogP contribution in [-0.2, 0) is 4.79 Å². The normalized spacial score (nSPS) is 28.2. The molecule has 0 aliphatic carbocycles. The first kappa shape index (κ1) is 7.54. The van der Waals surface area contributed by atoms with Gasteiger partial charge in [0.05, 0.1) is 5.92 Å². The highest BCUT2D eigenvalue weighted by molar-refractivity contribution is 5.81. The number of rotatable bonds is 2. The molecule has 1 aliphatic heterocycles. The second kappa shape index (κ2) is 3.01. The van der Waals surface area contributed by atoms with E-state index in [1.54, 1.807) is 0 Å². The summed E-state index contributed by atoms with van der Waals surface area (Å²) in [6.07, 6.45) is 1.80. The number of amides is 1. The van der Waals surface area contributed by atoms with Crippen LogP contribution in [0.25, 0.3) is 0 Å². The molecule has 3 heteroatoms. The predicted molar refractivity (Wildman–Crippen MR) is 39.4 cm³/mol. The standard InChI is InChI=1S/C7H14N2O/c1-2-6(8)5-3-4-9-7(5)10/h5-6H,2-4,8H2,1H3,(H,9,10). The van der Waals surface area contributed by atoms with Crippen molar-refractivity contribution in [2.24, 2.45) is 11.7 Å². The zero-order valence-electron chi connectivity index (χ0n) is 6.26. The molecule has 0 aromatic heterocycles. The van der Waals surface area contributed by atoms with Gasteiger partial charge in [0.25, 0.3) is 0 Å². The molecule has 10 heavy (non-hydrogen) atoms. The lowest BCUT2D eigenvalue weighted by atomic mass is 9.97. The Bertz CT molecular complexity index is 136. The molecule has 0 aromatic carbocycles. The molecule has 1 amide bonds. The molecule has 58 valence electrons. The van der Waals surface area contributed by atoms with Gasteiger partial charge in [-0.3, -0.25) is 4.79 Å². The van der Waals surface area contributed by atoms with Crippen LogP contribution in [0.4, 0.5) is 0 Å². The van der Waals surface area contributed by atoms with Gasteiger partial charge in [0, 0.05) is 12.6 Å². The Balaban J connectivity index is 2.46. The van der Waals surface area contributed by atoms with E-state index in [0.29, 0.717) is 0 Å². The Labute approximate surface area is 61.0 Å². The molecule has 0 radical (unpaired) electrons. The van der Waals surface area contributed by atoms with Gasteiger partial charge in [0.1, 0.15) is 0 Å². The fraction of sp³-hybridized carbons (Fsp3) is 0.857. The number of carbonyl (C=O) groups excluding carboxylic acids is 1. The minimum Gasteiger partial charge on any atom is -0.356 e. The van der Waals surface area contributed by atoms with Crippen molar-refractivity contribution in [3.05, 3.63) is 0 Å². The lowest BCUT2D eigenvalue weighted by Crippen LogP contribution is -2.34. The SMILES string of the molecule is CCC(N)C1CCNC1=O. The highest BCUT2D eigenvalue weighted by atomic mass is 16.2. The monoisotopic (exact) mass is 142 g/mol. The minimum absolute atomic E-state index is 0.0579. The van der Waals surface area contributed by atoms with Gasteiger partial charge in [0.15, 0.2) is 0 Å². The molecule has 1 aliphatic rings. The van der Waals surface area contributed by atoms with Crippen molar-refractivity contribution in [1.82, 2.24) is 5.32 Å². The summed E-state index contributed by atoms with van der Waals surface area (Å²) in [5, 5.41) is 2.77. The van der Waals surface area contributed by atoms with Gasteiger partial charge in [0.2, 0.25) is 5.91 Å². The van der Waals surface area contributed by atoms with E-state index in [-0.39, 0.29) is 17.9 Å². The molecule has 2 atom stereocenters. The zero-order valence-corrected chi connectivity index (χ0v) is 6.26. The highest BCUT2D eigenvalue weighted by Crippen LogP contribution is 2.14. The third kappa shape index (κ3) is 1.29. The Kier molecular flexibility index (Phi) is 2.27. The van der Waals surface area contributed by atoms with E-state index in [1.807, 2.05) is 6.92 Å². The van der Waals surface area contributed by atoms with E-state index in [2.05, 4.69) is 5.32 Å². The first-order chi connectivity index (χ1) is 4.75. The quantitative estimate of drug-likeness (QED) is 0.564. The van der Waals surface area contributed by atoms with Crippen molar-refractivity contribution in [1.29, 1.82) is 0 Å². The molecule has 0 spiro atoms. The topological polar surface area (TPSA) is 55.1 Å². The van der Waals surface area contributed by atoms with Crippen molar-refractivity contribution in [3.8, 4) is 0 Å². The first-order valence-electron chi connectivity index (χ1n) is 3.79. The van der Waals surface area contributed by atoms with Crippen molar-refractivity contribution < 1.29 is 4.79 Å². The molecule has 3 nitrogen and oxygen atoms in total. The van der Waals surface area contributed by atoms with Crippen LogP contribution in [-0.4, -0.2) is 18.5 Å². The molecular weight excluding hydrogens is 128 g/mol.